The molecular formula is C35H45N5O5S. The van der Waals surface area contributed by atoms with Crippen molar-refractivity contribution in [1.82, 2.24) is 23.8 Å². The van der Waals surface area contributed by atoms with Gasteiger partial charge in [-0.2, -0.15) is 12.7 Å². The monoisotopic (exact) mass is 647 g/mol. The third-order valence-corrected chi connectivity index (χ3v) is 12.2. The number of fused-ring (bicyclic) bond motifs is 7. The molecule has 0 spiro atoms. The summed E-state index contributed by atoms with van der Waals surface area (Å²) in [4.78, 5) is 30.1. The van der Waals surface area contributed by atoms with Crippen LogP contribution in [0, 0.1) is 5.41 Å². The van der Waals surface area contributed by atoms with Gasteiger partial charge in [-0.3, -0.25) is 9.59 Å². The first-order chi connectivity index (χ1) is 21.9. The fourth-order valence-corrected chi connectivity index (χ4v) is 9.12. The zero-order valence-electron chi connectivity index (χ0n) is 27.4. The van der Waals surface area contributed by atoms with Gasteiger partial charge >= 0.3 is 10.2 Å². The van der Waals surface area contributed by atoms with Gasteiger partial charge in [-0.1, -0.05) is 37.5 Å². The molecule has 3 heterocycles. The molecule has 10 nitrogen and oxygen atoms in total. The quantitative estimate of drug-likeness (QED) is 0.405. The predicted molar refractivity (Wildman–Crippen MR) is 178 cm³/mol. The fraction of sp³-hybridized carbons (Fsp3) is 0.543. The zero-order valence-corrected chi connectivity index (χ0v) is 28.2. The Kier molecular flexibility index (Phi) is 7.72. The van der Waals surface area contributed by atoms with Gasteiger partial charge in [0.2, 0.25) is 5.91 Å². The number of hydrogen-bond acceptors (Lipinski definition) is 6. The molecule has 2 unspecified atom stereocenters. The minimum absolute atomic E-state index is 0.0116. The van der Waals surface area contributed by atoms with Crippen molar-refractivity contribution in [3.8, 4) is 17.0 Å². The Morgan fingerprint density at radius 3 is 2.41 bits per heavy atom. The first-order valence-electron chi connectivity index (χ1n) is 16.6. The van der Waals surface area contributed by atoms with Crippen LogP contribution in [0.25, 0.3) is 22.2 Å². The van der Waals surface area contributed by atoms with Crippen LogP contribution in [0.15, 0.2) is 36.4 Å². The number of nitrogens with one attached hydrogen (secondary N) is 2. The molecule has 3 aromatic rings. The van der Waals surface area contributed by atoms with Gasteiger partial charge in [0.1, 0.15) is 5.75 Å². The van der Waals surface area contributed by atoms with Crippen LogP contribution in [-0.4, -0.2) is 80.4 Å². The number of nitrogens with zero attached hydrogens (tertiary/aromatic N) is 3. The molecular weight excluding hydrogens is 602 g/mol. The minimum Gasteiger partial charge on any atom is -0.496 e. The normalized spacial score (nSPS) is 26.2. The number of ether oxygens (including phenoxy) is 1. The van der Waals surface area contributed by atoms with Gasteiger partial charge in [0.05, 0.1) is 18.2 Å². The topological polar surface area (TPSA) is 113 Å². The average molecular weight is 648 g/mol. The minimum atomic E-state index is -3.97. The molecule has 2 aromatic carbocycles. The van der Waals surface area contributed by atoms with E-state index in [-0.39, 0.29) is 29.5 Å². The van der Waals surface area contributed by atoms with Crippen LogP contribution in [0.3, 0.4) is 0 Å². The van der Waals surface area contributed by atoms with E-state index in [2.05, 4.69) is 34.5 Å². The van der Waals surface area contributed by atoms with E-state index in [4.69, 9.17) is 4.74 Å². The first kappa shape index (κ1) is 31.2. The molecule has 1 aromatic heterocycles. The van der Waals surface area contributed by atoms with E-state index in [0.29, 0.717) is 25.6 Å². The number of carbonyl (C=O) groups is 2. The summed E-state index contributed by atoms with van der Waals surface area (Å²) >= 11 is 0. The van der Waals surface area contributed by atoms with Gasteiger partial charge in [0, 0.05) is 79.3 Å². The van der Waals surface area contributed by atoms with Gasteiger partial charge in [0.25, 0.3) is 5.91 Å². The van der Waals surface area contributed by atoms with E-state index < -0.39 is 21.5 Å². The number of hydrogen-bond donors (Lipinski definition) is 2. The predicted octanol–water partition coefficient (Wildman–Crippen LogP) is 4.60. The number of methoxy groups -OCH3 is 1. The Bertz CT molecular complexity index is 1820. The summed E-state index contributed by atoms with van der Waals surface area (Å²) in [7, 11) is 0.507. The second-order valence-corrected chi connectivity index (χ2v) is 16.0. The smallest absolute Gasteiger partial charge is 0.303 e. The van der Waals surface area contributed by atoms with Crippen LogP contribution in [0.4, 0.5) is 0 Å². The lowest BCUT2D eigenvalue weighted by Crippen LogP contribution is -2.57. The maximum Gasteiger partial charge on any atom is 0.303 e. The summed E-state index contributed by atoms with van der Waals surface area (Å²) < 4.78 is 36.6. The Labute approximate surface area is 271 Å². The standard InChI is InChI=1S/C35H45N5O5S/c1-21-18-39(19-22(2)36-21)34(42)35-17-27(35)31-26(12-9-13-29(31)45-5)32-30(23-10-7-6-8-11-23)25-15-14-24(16-28(25)40(32)20-35)33(41)37-46(43,44)38(3)4/h9,12-16,21-23,27,36H,6-8,10-11,17-20H2,1-5H3,(H,37,41)/t21-,22+,27?,35?. The van der Waals surface area contributed by atoms with Crippen LogP contribution in [-0.2, 0) is 21.5 Å². The van der Waals surface area contributed by atoms with Gasteiger partial charge in [-0.25, -0.2) is 4.72 Å². The molecule has 7 rings (SSSR count). The summed E-state index contributed by atoms with van der Waals surface area (Å²) in [5.41, 5.74) is 5.05. The zero-order chi connectivity index (χ0) is 32.5. The first-order valence-corrected chi connectivity index (χ1v) is 18.0. The highest BCUT2D eigenvalue weighted by Crippen LogP contribution is 2.67. The van der Waals surface area contributed by atoms with Gasteiger partial charge < -0.3 is 19.5 Å². The number of amides is 2. The van der Waals surface area contributed by atoms with Crippen LogP contribution >= 0.6 is 0 Å². The highest BCUT2D eigenvalue weighted by Gasteiger charge is 2.64. The maximum absolute atomic E-state index is 14.7. The van der Waals surface area contributed by atoms with Crippen molar-refractivity contribution < 1.29 is 22.7 Å². The fourth-order valence-electron chi connectivity index (χ4n) is 8.58. The Morgan fingerprint density at radius 2 is 1.74 bits per heavy atom. The second kappa shape index (κ2) is 11.4. The molecule has 46 heavy (non-hydrogen) atoms. The van der Waals surface area contributed by atoms with E-state index in [0.717, 1.165) is 69.9 Å². The van der Waals surface area contributed by atoms with E-state index in [1.165, 1.54) is 26.1 Å². The molecule has 0 bridgehead atoms. The second-order valence-electron chi connectivity index (χ2n) is 14.1. The highest BCUT2D eigenvalue weighted by atomic mass is 32.2. The third-order valence-electron chi connectivity index (χ3n) is 10.8. The molecule has 2 aliphatic carbocycles. The van der Waals surface area contributed by atoms with Crippen molar-refractivity contribution in [3.63, 3.8) is 0 Å². The van der Waals surface area contributed by atoms with Gasteiger partial charge in [-0.15, -0.1) is 0 Å². The van der Waals surface area contributed by atoms with E-state index >= 15 is 0 Å². The van der Waals surface area contributed by atoms with Crippen LogP contribution in [0.2, 0.25) is 0 Å². The molecule has 2 aliphatic heterocycles. The molecule has 2 N–H and O–H groups in total. The van der Waals surface area contributed by atoms with E-state index in [1.807, 2.05) is 29.2 Å². The molecule has 246 valence electrons. The van der Waals surface area contributed by atoms with E-state index in [9.17, 15) is 18.0 Å². The molecule has 0 radical (unpaired) electrons. The van der Waals surface area contributed by atoms with E-state index in [1.54, 1.807) is 13.2 Å². The number of rotatable bonds is 6. The summed E-state index contributed by atoms with van der Waals surface area (Å²) in [6.45, 7) is 6.06. The van der Waals surface area contributed by atoms with Gasteiger partial charge in [0.15, 0.2) is 0 Å². The van der Waals surface area contributed by atoms with Crippen LogP contribution < -0.4 is 14.8 Å². The molecule has 11 heteroatoms. The van der Waals surface area contributed by atoms with Crippen molar-refractivity contribution in [3.05, 3.63) is 53.1 Å². The molecule has 2 saturated carbocycles. The summed E-state index contributed by atoms with van der Waals surface area (Å²) in [6, 6.07) is 12.1. The lowest BCUT2D eigenvalue weighted by atomic mass is 9.81. The molecule has 2 amide bonds. The lowest BCUT2D eigenvalue weighted by molar-refractivity contribution is -0.139. The van der Waals surface area contributed by atoms with Crippen molar-refractivity contribution in [2.75, 3.05) is 34.3 Å². The third kappa shape index (κ3) is 5.02. The summed E-state index contributed by atoms with van der Waals surface area (Å²) in [5, 5.41) is 4.62. The summed E-state index contributed by atoms with van der Waals surface area (Å²) in [5.74, 6) is 0.657. The number of aromatic nitrogens is 1. The molecule has 4 atom stereocenters. The van der Waals surface area contributed by atoms with Gasteiger partial charge in [-0.05, 0) is 62.8 Å². The molecule has 1 saturated heterocycles. The Balaban J connectivity index is 1.44. The number of carbonyl (C=O) groups excluding carboxylic acids is 2. The SMILES string of the molecule is COc1cccc2c1C1CC1(C(=O)N1C[C@@H](C)N[C@@H](C)C1)Cn1c-2c(C2CCCCC2)c2ccc(C(=O)NS(=O)(=O)N(C)C)cc21. The summed E-state index contributed by atoms with van der Waals surface area (Å²) in [6.07, 6.45) is 6.44. The number of piperazine rings is 1. The Hall–Kier alpha value is -3.41. The average Bonchev–Trinajstić information content (AvgIpc) is 3.69. The van der Waals surface area contributed by atoms with Crippen molar-refractivity contribution in [2.45, 2.75) is 82.8 Å². The lowest BCUT2D eigenvalue weighted by Gasteiger charge is -2.38. The van der Waals surface area contributed by atoms with Crippen molar-refractivity contribution >= 4 is 32.9 Å². The highest BCUT2D eigenvalue weighted by molar-refractivity contribution is 7.87. The van der Waals surface area contributed by atoms with Crippen molar-refractivity contribution in [1.29, 1.82) is 0 Å². The Morgan fingerprint density at radius 1 is 1.02 bits per heavy atom. The molecule has 4 aliphatic rings. The van der Waals surface area contributed by atoms with Crippen molar-refractivity contribution in [2.24, 2.45) is 5.41 Å². The van der Waals surface area contributed by atoms with Crippen LogP contribution in [0.5, 0.6) is 5.75 Å². The van der Waals surface area contributed by atoms with Crippen LogP contribution in [0.1, 0.15) is 85.7 Å². The molecule has 3 fully saturated rings. The maximum atomic E-state index is 14.7. The number of benzene rings is 2. The largest absolute Gasteiger partial charge is 0.496 e.